The molecule has 0 aromatic heterocycles. The molecule has 1 heterocycles. The number of anilines is 2. The van der Waals surface area contributed by atoms with Crippen molar-refractivity contribution in [1.29, 1.82) is 0 Å². The van der Waals surface area contributed by atoms with E-state index in [1.54, 1.807) is 24.3 Å². The summed E-state index contributed by atoms with van der Waals surface area (Å²) in [5.74, 6) is -1.24. The molecule has 1 aliphatic heterocycles. The van der Waals surface area contributed by atoms with E-state index in [9.17, 15) is 14.4 Å². The standard InChI is InChI=1S/C29H34N4O3/c1-32(22-12-3-2-4-13-22)19-21-10-5-8-17-26(21)30-27(34)20-11-9-14-23(18-20)33-29(36)25-16-7-6-15-24(25)28(35)31-33/h5-11,14,17-18,22,24-25H,2-4,12-13,15-16,19H2,1H3,(H,30,34)(H,31,35). The lowest BCUT2D eigenvalue weighted by molar-refractivity contribution is -0.139. The van der Waals surface area contributed by atoms with E-state index in [2.05, 4.69) is 28.8 Å². The Balaban J connectivity index is 1.30. The van der Waals surface area contributed by atoms with Crippen molar-refractivity contribution in [2.45, 2.75) is 57.5 Å². The van der Waals surface area contributed by atoms with Crippen LogP contribution >= 0.6 is 0 Å². The molecule has 2 fully saturated rings. The zero-order valence-electron chi connectivity index (χ0n) is 20.8. The van der Waals surface area contributed by atoms with E-state index in [4.69, 9.17) is 0 Å². The van der Waals surface area contributed by atoms with Gasteiger partial charge in [0.25, 0.3) is 5.91 Å². The summed E-state index contributed by atoms with van der Waals surface area (Å²) in [6, 6.07) is 15.3. The first-order valence-electron chi connectivity index (χ1n) is 13.0. The van der Waals surface area contributed by atoms with Gasteiger partial charge in [0.15, 0.2) is 0 Å². The smallest absolute Gasteiger partial charge is 0.255 e. The molecule has 5 rings (SSSR count). The number of carbonyl (C=O) groups is 3. The van der Waals surface area contributed by atoms with Gasteiger partial charge in [-0.3, -0.25) is 24.7 Å². The van der Waals surface area contributed by atoms with Crippen molar-refractivity contribution >= 4 is 29.1 Å². The second-order valence-corrected chi connectivity index (χ2v) is 10.2. The predicted octanol–water partition coefficient (Wildman–Crippen LogP) is 4.66. The van der Waals surface area contributed by atoms with Crippen molar-refractivity contribution in [2.75, 3.05) is 17.4 Å². The van der Waals surface area contributed by atoms with Crippen molar-refractivity contribution in [3.8, 4) is 0 Å². The largest absolute Gasteiger partial charge is 0.322 e. The van der Waals surface area contributed by atoms with Gasteiger partial charge in [0, 0.05) is 23.8 Å². The maximum atomic E-state index is 13.2. The molecule has 36 heavy (non-hydrogen) atoms. The van der Waals surface area contributed by atoms with Gasteiger partial charge in [0.05, 0.1) is 17.5 Å². The summed E-state index contributed by atoms with van der Waals surface area (Å²) in [4.78, 5) is 41.4. The molecule has 3 aliphatic rings. The molecule has 0 spiro atoms. The number of rotatable bonds is 6. The minimum Gasteiger partial charge on any atom is -0.322 e. The van der Waals surface area contributed by atoms with Gasteiger partial charge in [-0.1, -0.05) is 55.7 Å². The van der Waals surface area contributed by atoms with Gasteiger partial charge in [-0.2, -0.15) is 0 Å². The molecule has 188 valence electrons. The number of allylic oxidation sites excluding steroid dienone is 2. The Bertz CT molecular complexity index is 1170. The van der Waals surface area contributed by atoms with E-state index in [1.165, 1.54) is 37.1 Å². The molecule has 2 atom stereocenters. The monoisotopic (exact) mass is 486 g/mol. The van der Waals surface area contributed by atoms with Crippen molar-refractivity contribution in [2.24, 2.45) is 11.8 Å². The Morgan fingerprint density at radius 3 is 2.56 bits per heavy atom. The predicted molar refractivity (Wildman–Crippen MR) is 140 cm³/mol. The number of benzene rings is 2. The molecule has 0 bridgehead atoms. The zero-order valence-corrected chi connectivity index (χ0v) is 20.8. The third kappa shape index (κ3) is 5.07. The Hall–Kier alpha value is -3.45. The first kappa shape index (κ1) is 24.3. The number of nitrogens with zero attached hydrogens (tertiary/aromatic N) is 2. The van der Waals surface area contributed by atoms with E-state index in [1.807, 2.05) is 30.4 Å². The maximum absolute atomic E-state index is 13.2. The van der Waals surface area contributed by atoms with Gasteiger partial charge in [-0.25, -0.2) is 5.01 Å². The van der Waals surface area contributed by atoms with Crippen LogP contribution < -0.4 is 15.8 Å². The second-order valence-electron chi connectivity index (χ2n) is 10.2. The minimum absolute atomic E-state index is 0.141. The number of para-hydroxylation sites is 1. The first-order chi connectivity index (χ1) is 17.5. The highest BCUT2D eigenvalue weighted by Gasteiger charge is 2.42. The molecule has 0 radical (unpaired) electrons. The topological polar surface area (TPSA) is 81.8 Å². The van der Waals surface area contributed by atoms with Crippen LogP contribution in [-0.4, -0.2) is 35.7 Å². The van der Waals surface area contributed by atoms with Gasteiger partial charge < -0.3 is 5.32 Å². The number of amides is 3. The maximum Gasteiger partial charge on any atom is 0.255 e. The van der Waals surface area contributed by atoms with Crippen LogP contribution in [0.5, 0.6) is 0 Å². The second kappa shape index (κ2) is 10.7. The molecule has 2 unspecified atom stereocenters. The molecule has 7 heteroatoms. The first-order valence-corrected chi connectivity index (χ1v) is 13.0. The Labute approximate surface area is 212 Å². The summed E-state index contributed by atoms with van der Waals surface area (Å²) >= 11 is 0. The van der Waals surface area contributed by atoms with Crippen LogP contribution in [0.2, 0.25) is 0 Å². The molecule has 2 aromatic rings. The van der Waals surface area contributed by atoms with Crippen LogP contribution in [0.4, 0.5) is 11.4 Å². The van der Waals surface area contributed by atoms with E-state index in [0.717, 1.165) is 17.8 Å². The summed E-state index contributed by atoms with van der Waals surface area (Å²) in [5, 5.41) is 4.36. The van der Waals surface area contributed by atoms with Gasteiger partial charge in [-0.15, -0.1) is 0 Å². The van der Waals surface area contributed by atoms with Gasteiger partial charge >= 0.3 is 0 Å². The van der Waals surface area contributed by atoms with Crippen molar-refractivity contribution in [3.63, 3.8) is 0 Å². The normalized spacial score (nSPS) is 22.3. The SMILES string of the molecule is CN(Cc1ccccc1NC(=O)c1cccc(N2NC(=O)C3CC=CCC3C2=O)c1)C1CCCCC1. The van der Waals surface area contributed by atoms with Crippen LogP contribution in [-0.2, 0) is 16.1 Å². The van der Waals surface area contributed by atoms with E-state index in [-0.39, 0.29) is 29.6 Å². The van der Waals surface area contributed by atoms with Crippen molar-refractivity contribution in [3.05, 3.63) is 71.8 Å². The molecule has 1 saturated carbocycles. The van der Waals surface area contributed by atoms with Gasteiger partial charge in [0.2, 0.25) is 11.8 Å². The summed E-state index contributed by atoms with van der Waals surface area (Å²) in [6.07, 6.45) is 11.4. The molecular formula is C29H34N4O3. The number of hydrogen-bond acceptors (Lipinski definition) is 4. The van der Waals surface area contributed by atoms with Gasteiger partial charge in [0.1, 0.15) is 0 Å². The summed E-state index contributed by atoms with van der Waals surface area (Å²) < 4.78 is 0. The summed E-state index contributed by atoms with van der Waals surface area (Å²) in [5.41, 5.74) is 5.51. The van der Waals surface area contributed by atoms with Crippen molar-refractivity contribution < 1.29 is 14.4 Å². The number of hydrogen-bond donors (Lipinski definition) is 2. The average molecular weight is 487 g/mol. The summed E-state index contributed by atoms with van der Waals surface area (Å²) in [7, 11) is 2.16. The van der Waals surface area contributed by atoms with Crippen LogP contribution in [0.25, 0.3) is 0 Å². The van der Waals surface area contributed by atoms with Crippen LogP contribution in [0.3, 0.4) is 0 Å². The highest BCUT2D eigenvalue weighted by Crippen LogP contribution is 2.32. The van der Waals surface area contributed by atoms with Crippen LogP contribution in [0.15, 0.2) is 60.7 Å². The number of nitrogens with one attached hydrogen (secondary N) is 2. The molecule has 3 amide bonds. The molecular weight excluding hydrogens is 452 g/mol. The Kier molecular flexibility index (Phi) is 7.18. The highest BCUT2D eigenvalue weighted by atomic mass is 16.2. The van der Waals surface area contributed by atoms with Crippen LogP contribution in [0.1, 0.15) is 60.9 Å². The minimum atomic E-state index is -0.366. The Morgan fingerprint density at radius 2 is 1.75 bits per heavy atom. The number of fused-ring (bicyclic) bond motifs is 1. The number of hydrazine groups is 1. The fourth-order valence-electron chi connectivity index (χ4n) is 5.66. The quantitative estimate of drug-likeness (QED) is 0.582. The number of carbonyl (C=O) groups excluding carboxylic acids is 3. The van der Waals surface area contributed by atoms with Gasteiger partial charge in [-0.05, 0) is 62.6 Å². The van der Waals surface area contributed by atoms with Crippen molar-refractivity contribution in [1.82, 2.24) is 10.3 Å². The highest BCUT2D eigenvalue weighted by molar-refractivity contribution is 6.07. The third-order valence-corrected chi connectivity index (χ3v) is 7.78. The molecule has 7 nitrogen and oxygen atoms in total. The molecule has 2 aliphatic carbocycles. The van der Waals surface area contributed by atoms with E-state index < -0.39 is 0 Å². The lowest BCUT2D eigenvalue weighted by atomic mass is 9.80. The van der Waals surface area contributed by atoms with Crippen LogP contribution in [0, 0.1) is 11.8 Å². The molecule has 2 aromatic carbocycles. The molecule has 1 saturated heterocycles. The third-order valence-electron chi connectivity index (χ3n) is 7.78. The Morgan fingerprint density at radius 1 is 1.00 bits per heavy atom. The molecule has 2 N–H and O–H groups in total. The average Bonchev–Trinajstić information content (AvgIpc) is 2.92. The lowest BCUT2D eigenvalue weighted by Crippen LogP contribution is -2.59. The fourth-order valence-corrected chi connectivity index (χ4v) is 5.66. The van der Waals surface area contributed by atoms with E-state index in [0.29, 0.717) is 30.1 Å². The zero-order chi connectivity index (χ0) is 25.1. The summed E-state index contributed by atoms with van der Waals surface area (Å²) in [6.45, 7) is 0.770. The lowest BCUT2D eigenvalue weighted by Gasteiger charge is -2.38. The fraction of sp³-hybridized carbons (Fsp3) is 0.414. The van der Waals surface area contributed by atoms with E-state index >= 15 is 0 Å².